The molecule has 3 N–H and O–H groups in total. The van der Waals surface area contributed by atoms with Crippen molar-refractivity contribution in [2.24, 2.45) is 0 Å². The van der Waals surface area contributed by atoms with Crippen molar-refractivity contribution in [1.82, 2.24) is 15.0 Å². The van der Waals surface area contributed by atoms with E-state index in [2.05, 4.69) is 15.6 Å². The third-order valence-corrected chi connectivity index (χ3v) is 10.3. The van der Waals surface area contributed by atoms with E-state index < -0.39 is 0 Å². The summed E-state index contributed by atoms with van der Waals surface area (Å²) in [5.41, 5.74) is 9.32. The van der Waals surface area contributed by atoms with Crippen LogP contribution in [0.4, 0.5) is 31.5 Å². The van der Waals surface area contributed by atoms with Gasteiger partial charge in [-0.2, -0.15) is 0 Å². The first kappa shape index (κ1) is 45.3. The Balaban J connectivity index is 0.000000154. The van der Waals surface area contributed by atoms with Crippen LogP contribution in [0.3, 0.4) is 0 Å². The Labute approximate surface area is 389 Å². The van der Waals surface area contributed by atoms with Crippen molar-refractivity contribution >= 4 is 112 Å². The zero-order valence-corrected chi connectivity index (χ0v) is 36.9. The molecule has 8 aromatic carbocycles. The molecule has 0 aliphatic carbocycles. The largest absolute Gasteiger partial charge is 1.00 e. The van der Waals surface area contributed by atoms with Gasteiger partial charge in [0.05, 0.1) is 49.5 Å². The number of para-hydroxylation sites is 6. The van der Waals surface area contributed by atoms with Crippen LogP contribution >= 0.6 is 24.0 Å². The topological polar surface area (TPSA) is 92.7 Å². The van der Waals surface area contributed by atoms with Gasteiger partial charge in [0.15, 0.2) is 0 Å². The average Bonchev–Trinajstić information content (AvgIpc) is 3.28. The van der Waals surface area contributed by atoms with E-state index in [9.17, 15) is 8.78 Å². The molecule has 0 bridgehead atoms. The van der Waals surface area contributed by atoms with Gasteiger partial charge < -0.3 is 16.1 Å². The number of nitrogens with one attached hydrogen (secondary N) is 2. The average molecular weight is 867 g/mol. The van der Waals surface area contributed by atoms with Crippen molar-refractivity contribution in [2.45, 2.75) is 0 Å². The van der Waals surface area contributed by atoms with Gasteiger partial charge in [-0.15, -0.1) is 12.4 Å². The smallest absolute Gasteiger partial charge is 0.870 e. The quantitative estimate of drug-likeness (QED) is 0.135. The third kappa shape index (κ3) is 9.77. The van der Waals surface area contributed by atoms with E-state index in [-0.39, 0.29) is 59.1 Å². The van der Waals surface area contributed by atoms with E-state index in [1.807, 2.05) is 146 Å². The van der Waals surface area contributed by atoms with Crippen LogP contribution in [-0.4, -0.2) is 20.4 Å². The molecule has 3 heterocycles. The second-order valence-corrected chi connectivity index (χ2v) is 14.1. The van der Waals surface area contributed by atoms with Gasteiger partial charge in [-0.1, -0.05) is 121 Å². The van der Waals surface area contributed by atoms with Gasteiger partial charge >= 0.3 is 29.6 Å². The number of halogens is 4. The van der Waals surface area contributed by atoms with Crippen LogP contribution in [0.25, 0.3) is 65.4 Å². The van der Waals surface area contributed by atoms with Gasteiger partial charge in [-0.05, 0) is 84.9 Å². The van der Waals surface area contributed by atoms with Crippen LogP contribution in [0.1, 0.15) is 0 Å². The number of rotatable bonds is 4. The standard InChI is InChI=1S/2C19H13FN2.C13H8ClN.ClH.Na.H2O/c2*20-13-9-11-14(12-10-13)21-19-15-5-1-3-7-17(15)22-18-8-4-2-6-16(18)19;14-13-9-5-1-3-7-11(9)15-12-8-4-2-6-10(12)13;;;/h2*1-12H,(H,21,22);1-8H;1H;;1H2/q;;;;+1;/p-1. The first-order valence-electron chi connectivity index (χ1n) is 19.0. The Morgan fingerprint density at radius 1 is 0.339 bits per heavy atom. The van der Waals surface area contributed by atoms with E-state index in [0.29, 0.717) is 0 Å². The van der Waals surface area contributed by atoms with E-state index >= 15 is 0 Å². The Kier molecular flexibility index (Phi) is 15.0. The fraction of sp³-hybridized carbons (Fsp3) is 0. The predicted octanol–water partition coefficient (Wildman–Crippen LogP) is 11.8. The number of nitrogens with zero attached hydrogens (tertiary/aromatic N) is 3. The van der Waals surface area contributed by atoms with Crippen LogP contribution in [0, 0.1) is 11.6 Å². The molecule has 0 saturated heterocycles. The minimum atomic E-state index is -0.241. The van der Waals surface area contributed by atoms with Crippen molar-refractivity contribution in [3.05, 3.63) is 211 Å². The molecule has 6 nitrogen and oxygen atoms in total. The number of pyridine rings is 3. The number of hydrogen-bond donors (Lipinski definition) is 2. The van der Waals surface area contributed by atoms with E-state index in [1.54, 1.807) is 24.3 Å². The molecule has 300 valence electrons. The van der Waals surface area contributed by atoms with Crippen LogP contribution in [0.5, 0.6) is 0 Å². The van der Waals surface area contributed by atoms with Gasteiger partial charge in [0.2, 0.25) is 0 Å². The molecule has 0 atom stereocenters. The summed E-state index contributed by atoms with van der Waals surface area (Å²) in [6, 6.07) is 60.7. The SMILES string of the molecule is Cl.Clc1c2ccccc2nc2ccccc12.Fc1ccc(Nc2c3ccccc3nc3ccccc23)cc1.Fc1ccc(Nc2c3ccccc3nc3ccccc23)cc1.[Na+].[OH-]. The summed E-state index contributed by atoms with van der Waals surface area (Å²) in [7, 11) is 0. The maximum absolute atomic E-state index is 13.1. The van der Waals surface area contributed by atoms with Crippen molar-refractivity contribution in [1.29, 1.82) is 0 Å². The second-order valence-electron chi connectivity index (χ2n) is 13.8. The second kappa shape index (κ2) is 20.6. The summed E-state index contributed by atoms with van der Waals surface area (Å²) < 4.78 is 26.2. The molecule has 3 aromatic heterocycles. The molecule has 0 spiro atoms. The molecule has 11 heteroatoms. The van der Waals surface area contributed by atoms with E-state index in [1.165, 1.54) is 24.3 Å². The van der Waals surface area contributed by atoms with Crippen molar-refractivity contribution in [2.75, 3.05) is 10.6 Å². The number of anilines is 4. The summed E-state index contributed by atoms with van der Waals surface area (Å²) in [6.07, 6.45) is 0. The van der Waals surface area contributed by atoms with Gasteiger partial charge in [0.1, 0.15) is 11.6 Å². The molecular weight excluding hydrogens is 830 g/mol. The molecule has 0 fully saturated rings. The Morgan fingerprint density at radius 3 is 0.839 bits per heavy atom. The number of aromatic nitrogens is 3. The van der Waals surface area contributed by atoms with Gasteiger partial charge in [0, 0.05) is 43.7 Å². The summed E-state index contributed by atoms with van der Waals surface area (Å²) in [5, 5.41) is 13.8. The molecule has 0 amide bonds. The minimum Gasteiger partial charge on any atom is -0.870 e. The zero-order valence-electron chi connectivity index (χ0n) is 33.3. The van der Waals surface area contributed by atoms with Gasteiger partial charge in [-0.3, -0.25) is 0 Å². The summed E-state index contributed by atoms with van der Waals surface area (Å²) in [5.74, 6) is -0.481. The van der Waals surface area contributed by atoms with Crippen LogP contribution in [-0.2, 0) is 0 Å². The fourth-order valence-corrected chi connectivity index (χ4v) is 7.41. The van der Waals surface area contributed by atoms with Crippen LogP contribution < -0.4 is 40.2 Å². The number of benzene rings is 8. The van der Waals surface area contributed by atoms with Gasteiger partial charge in [-0.25, -0.2) is 23.7 Å². The molecule has 11 aromatic rings. The van der Waals surface area contributed by atoms with E-state index in [0.717, 1.165) is 93.2 Å². The minimum absolute atomic E-state index is 0. The molecule has 0 saturated carbocycles. The Hall–Kier alpha value is -6.23. The molecule has 0 unspecified atom stereocenters. The molecule has 0 radical (unpaired) electrons. The third-order valence-electron chi connectivity index (χ3n) is 9.92. The Morgan fingerprint density at radius 2 is 0.565 bits per heavy atom. The van der Waals surface area contributed by atoms with Crippen molar-refractivity contribution in [3.63, 3.8) is 0 Å². The normalized spacial score (nSPS) is 10.4. The first-order chi connectivity index (χ1) is 29.0. The fourth-order valence-electron chi connectivity index (χ4n) is 7.09. The first-order valence-corrected chi connectivity index (χ1v) is 19.4. The number of fused-ring (bicyclic) bond motifs is 6. The molecule has 0 aliphatic rings. The van der Waals surface area contributed by atoms with Crippen molar-refractivity contribution < 1.29 is 43.8 Å². The maximum atomic E-state index is 13.1. The van der Waals surface area contributed by atoms with Crippen molar-refractivity contribution in [3.8, 4) is 0 Å². The maximum Gasteiger partial charge on any atom is 1.00 e. The Bertz CT molecular complexity index is 2960. The van der Waals surface area contributed by atoms with Crippen LogP contribution in [0.2, 0.25) is 5.02 Å². The van der Waals surface area contributed by atoms with Crippen LogP contribution in [0.15, 0.2) is 194 Å². The van der Waals surface area contributed by atoms with E-state index in [4.69, 9.17) is 21.6 Å². The number of hydrogen-bond acceptors (Lipinski definition) is 6. The monoisotopic (exact) mass is 865 g/mol. The predicted molar refractivity (Wildman–Crippen MR) is 251 cm³/mol. The summed E-state index contributed by atoms with van der Waals surface area (Å²) in [6.45, 7) is 0. The zero-order chi connectivity index (χ0) is 40.1. The summed E-state index contributed by atoms with van der Waals surface area (Å²) in [4.78, 5) is 13.9. The van der Waals surface area contributed by atoms with Gasteiger partial charge in [0.25, 0.3) is 0 Å². The molecule has 62 heavy (non-hydrogen) atoms. The molecule has 11 rings (SSSR count). The molecule has 0 aliphatic heterocycles. The summed E-state index contributed by atoms with van der Waals surface area (Å²) >= 11 is 6.33. The molecular formula is C51H36Cl2F2N5NaO.